The maximum atomic E-state index is 10.6. The lowest BCUT2D eigenvalue weighted by Gasteiger charge is -2.01. The standard InChI is InChI=1S/C11H11NO2/c13-11(14)10-6-5-9(7-12-10)8-3-1-2-4-8/h3,5-7H,1-2,4H2,(H,13,14). The molecule has 0 saturated carbocycles. The highest BCUT2D eigenvalue weighted by molar-refractivity contribution is 5.85. The van der Waals surface area contributed by atoms with E-state index in [0.717, 1.165) is 18.4 Å². The van der Waals surface area contributed by atoms with Crippen molar-refractivity contribution < 1.29 is 9.90 Å². The Morgan fingerprint density at radius 1 is 1.43 bits per heavy atom. The van der Waals surface area contributed by atoms with Crippen LogP contribution in [0.3, 0.4) is 0 Å². The largest absolute Gasteiger partial charge is 0.477 e. The van der Waals surface area contributed by atoms with Gasteiger partial charge in [-0.25, -0.2) is 9.78 Å². The number of carboxylic acids is 1. The van der Waals surface area contributed by atoms with Gasteiger partial charge in [-0.15, -0.1) is 0 Å². The van der Waals surface area contributed by atoms with Gasteiger partial charge in [0.05, 0.1) is 0 Å². The Kier molecular flexibility index (Phi) is 2.31. The number of rotatable bonds is 2. The minimum atomic E-state index is -0.975. The third-order valence-corrected chi connectivity index (χ3v) is 2.39. The summed E-state index contributed by atoms with van der Waals surface area (Å²) in [5, 5.41) is 8.66. The second-order valence-corrected chi connectivity index (χ2v) is 3.36. The summed E-state index contributed by atoms with van der Waals surface area (Å²) in [5.41, 5.74) is 2.44. The number of hydrogen-bond donors (Lipinski definition) is 1. The molecule has 1 aromatic rings. The van der Waals surface area contributed by atoms with Crippen molar-refractivity contribution in [2.45, 2.75) is 19.3 Å². The monoisotopic (exact) mass is 189 g/mol. The molecule has 1 aliphatic carbocycles. The number of hydrogen-bond acceptors (Lipinski definition) is 2. The minimum Gasteiger partial charge on any atom is -0.477 e. The van der Waals surface area contributed by atoms with Crippen LogP contribution in [-0.4, -0.2) is 16.1 Å². The summed E-state index contributed by atoms with van der Waals surface area (Å²) in [5.74, 6) is -0.975. The molecule has 0 aromatic carbocycles. The van der Waals surface area contributed by atoms with E-state index >= 15 is 0 Å². The first-order valence-corrected chi connectivity index (χ1v) is 4.66. The van der Waals surface area contributed by atoms with Gasteiger partial charge in [0.2, 0.25) is 0 Å². The van der Waals surface area contributed by atoms with E-state index in [-0.39, 0.29) is 5.69 Å². The van der Waals surface area contributed by atoms with Crippen LogP contribution in [0.1, 0.15) is 35.3 Å². The number of pyridine rings is 1. The Balaban J connectivity index is 2.25. The maximum absolute atomic E-state index is 10.6. The Labute approximate surface area is 82.1 Å². The van der Waals surface area contributed by atoms with Crippen LogP contribution in [0.5, 0.6) is 0 Å². The zero-order valence-electron chi connectivity index (χ0n) is 7.73. The van der Waals surface area contributed by atoms with Gasteiger partial charge >= 0.3 is 5.97 Å². The summed E-state index contributed by atoms with van der Waals surface area (Å²) in [6, 6.07) is 3.38. The Morgan fingerprint density at radius 2 is 2.29 bits per heavy atom. The van der Waals surface area contributed by atoms with Gasteiger partial charge < -0.3 is 5.11 Å². The molecule has 0 unspecified atom stereocenters. The van der Waals surface area contributed by atoms with Crippen molar-refractivity contribution in [2.24, 2.45) is 0 Å². The molecule has 0 aliphatic heterocycles. The fourth-order valence-electron chi connectivity index (χ4n) is 1.64. The number of allylic oxidation sites excluding steroid dienone is 2. The molecule has 0 radical (unpaired) electrons. The molecule has 0 spiro atoms. The first kappa shape index (κ1) is 8.94. The number of carbonyl (C=O) groups is 1. The van der Waals surface area contributed by atoms with Crippen molar-refractivity contribution in [3.63, 3.8) is 0 Å². The van der Waals surface area contributed by atoms with Crippen molar-refractivity contribution in [2.75, 3.05) is 0 Å². The summed E-state index contributed by atoms with van der Waals surface area (Å²) in [6.07, 6.45) is 7.22. The summed E-state index contributed by atoms with van der Waals surface area (Å²) in [4.78, 5) is 14.4. The van der Waals surface area contributed by atoms with Gasteiger partial charge in [0.15, 0.2) is 0 Å². The van der Waals surface area contributed by atoms with E-state index in [0.29, 0.717) is 0 Å². The van der Waals surface area contributed by atoms with Crippen LogP contribution < -0.4 is 0 Å². The summed E-state index contributed by atoms with van der Waals surface area (Å²) in [6.45, 7) is 0. The van der Waals surface area contributed by atoms with Crippen LogP contribution in [0.15, 0.2) is 24.4 Å². The van der Waals surface area contributed by atoms with Crippen LogP contribution in [0.25, 0.3) is 5.57 Å². The predicted octanol–water partition coefficient (Wildman–Crippen LogP) is 2.35. The third kappa shape index (κ3) is 1.66. The van der Waals surface area contributed by atoms with Gasteiger partial charge in [-0.3, -0.25) is 0 Å². The Bertz CT molecular complexity index is 379. The fourth-order valence-corrected chi connectivity index (χ4v) is 1.64. The maximum Gasteiger partial charge on any atom is 0.354 e. The van der Waals surface area contributed by atoms with Crippen LogP contribution in [0.2, 0.25) is 0 Å². The lowest BCUT2D eigenvalue weighted by atomic mass is 10.1. The van der Waals surface area contributed by atoms with E-state index in [1.54, 1.807) is 12.3 Å². The van der Waals surface area contributed by atoms with E-state index in [2.05, 4.69) is 11.1 Å². The molecule has 3 heteroatoms. The molecule has 0 saturated heterocycles. The second kappa shape index (κ2) is 3.62. The molecule has 1 N–H and O–H groups in total. The van der Waals surface area contributed by atoms with E-state index in [1.807, 2.05) is 6.07 Å². The van der Waals surface area contributed by atoms with E-state index < -0.39 is 5.97 Å². The molecule has 3 nitrogen and oxygen atoms in total. The molecule has 0 fully saturated rings. The van der Waals surface area contributed by atoms with Crippen LogP contribution in [-0.2, 0) is 0 Å². The number of aromatic carboxylic acids is 1. The highest BCUT2D eigenvalue weighted by atomic mass is 16.4. The molecule has 0 amide bonds. The first-order chi connectivity index (χ1) is 6.77. The topological polar surface area (TPSA) is 50.2 Å². The molecule has 0 atom stereocenters. The normalized spacial score (nSPS) is 15.3. The molecule has 1 heterocycles. The van der Waals surface area contributed by atoms with Crippen LogP contribution in [0, 0.1) is 0 Å². The zero-order chi connectivity index (χ0) is 9.97. The van der Waals surface area contributed by atoms with Gasteiger partial charge in [0, 0.05) is 6.20 Å². The van der Waals surface area contributed by atoms with Gasteiger partial charge in [-0.05, 0) is 36.5 Å². The second-order valence-electron chi connectivity index (χ2n) is 3.36. The van der Waals surface area contributed by atoms with Gasteiger partial charge in [0.1, 0.15) is 5.69 Å². The fraction of sp³-hybridized carbons (Fsp3) is 0.273. The van der Waals surface area contributed by atoms with Gasteiger partial charge in [0.25, 0.3) is 0 Å². The van der Waals surface area contributed by atoms with Crippen LogP contribution >= 0.6 is 0 Å². The number of carboxylic acid groups (broad SMARTS) is 1. The molecule has 72 valence electrons. The van der Waals surface area contributed by atoms with Crippen LogP contribution in [0.4, 0.5) is 0 Å². The van der Waals surface area contributed by atoms with Gasteiger partial charge in [-0.1, -0.05) is 12.1 Å². The Morgan fingerprint density at radius 3 is 2.79 bits per heavy atom. The van der Waals surface area contributed by atoms with Gasteiger partial charge in [-0.2, -0.15) is 0 Å². The SMILES string of the molecule is O=C(O)c1ccc(C2=CCCC2)cn1. The average molecular weight is 189 g/mol. The van der Waals surface area contributed by atoms with Crippen molar-refractivity contribution in [3.05, 3.63) is 35.7 Å². The molecule has 14 heavy (non-hydrogen) atoms. The van der Waals surface area contributed by atoms with E-state index in [9.17, 15) is 4.79 Å². The number of nitrogens with zero attached hydrogens (tertiary/aromatic N) is 1. The summed E-state index contributed by atoms with van der Waals surface area (Å²) in [7, 11) is 0. The van der Waals surface area contributed by atoms with E-state index in [4.69, 9.17) is 5.11 Å². The first-order valence-electron chi connectivity index (χ1n) is 4.66. The zero-order valence-corrected chi connectivity index (χ0v) is 7.73. The molecular formula is C11H11NO2. The predicted molar refractivity (Wildman–Crippen MR) is 53.0 cm³/mol. The van der Waals surface area contributed by atoms with Crippen molar-refractivity contribution in [1.82, 2.24) is 4.98 Å². The highest BCUT2D eigenvalue weighted by Gasteiger charge is 2.09. The molecule has 2 rings (SSSR count). The summed E-state index contributed by atoms with van der Waals surface area (Å²) < 4.78 is 0. The summed E-state index contributed by atoms with van der Waals surface area (Å²) >= 11 is 0. The smallest absolute Gasteiger partial charge is 0.354 e. The van der Waals surface area contributed by atoms with E-state index in [1.165, 1.54) is 12.0 Å². The van der Waals surface area contributed by atoms with Crippen molar-refractivity contribution >= 4 is 11.5 Å². The number of aromatic nitrogens is 1. The molecule has 0 bridgehead atoms. The average Bonchev–Trinajstić information content (AvgIpc) is 2.71. The van der Waals surface area contributed by atoms with Crippen molar-refractivity contribution in [3.8, 4) is 0 Å². The Hall–Kier alpha value is -1.64. The molecule has 1 aliphatic rings. The lowest BCUT2D eigenvalue weighted by Crippen LogP contribution is -1.99. The molecular weight excluding hydrogens is 178 g/mol. The third-order valence-electron chi connectivity index (χ3n) is 2.39. The highest BCUT2D eigenvalue weighted by Crippen LogP contribution is 2.26. The lowest BCUT2D eigenvalue weighted by molar-refractivity contribution is 0.0690. The van der Waals surface area contributed by atoms with Crippen molar-refractivity contribution in [1.29, 1.82) is 0 Å². The quantitative estimate of drug-likeness (QED) is 0.776. The molecule has 1 aromatic heterocycles. The minimum absolute atomic E-state index is 0.104.